The van der Waals surface area contributed by atoms with Crippen molar-refractivity contribution >= 4 is 5.91 Å². The van der Waals surface area contributed by atoms with E-state index in [-0.39, 0.29) is 23.6 Å². The summed E-state index contributed by atoms with van der Waals surface area (Å²) in [5.74, 6) is -1.69. The summed E-state index contributed by atoms with van der Waals surface area (Å²) in [5, 5.41) is 21.6. The van der Waals surface area contributed by atoms with Gasteiger partial charge in [-0.3, -0.25) is 9.78 Å². The van der Waals surface area contributed by atoms with Crippen LogP contribution in [0.3, 0.4) is 0 Å². The van der Waals surface area contributed by atoms with Gasteiger partial charge in [-0.2, -0.15) is 0 Å². The SMILES string of the molecule is O=C(NC(c1ccccn1)C1CC(O)C1)c1ccc(O)c(F)c1. The van der Waals surface area contributed by atoms with E-state index in [1.54, 1.807) is 12.3 Å². The molecule has 1 unspecified atom stereocenters. The quantitative estimate of drug-likeness (QED) is 0.807. The number of aromatic hydroxyl groups is 1. The number of amides is 1. The number of aromatic nitrogens is 1. The molecule has 1 aliphatic rings. The highest BCUT2D eigenvalue weighted by molar-refractivity contribution is 5.94. The Hall–Kier alpha value is -2.47. The molecule has 0 saturated heterocycles. The van der Waals surface area contributed by atoms with Crippen molar-refractivity contribution in [2.24, 2.45) is 5.92 Å². The molecule has 1 aromatic carbocycles. The average Bonchev–Trinajstić information content (AvgIpc) is 2.53. The lowest BCUT2D eigenvalue weighted by atomic mass is 9.76. The summed E-state index contributed by atoms with van der Waals surface area (Å²) in [6.07, 6.45) is 2.47. The lowest BCUT2D eigenvalue weighted by Gasteiger charge is -2.37. The van der Waals surface area contributed by atoms with E-state index in [2.05, 4.69) is 10.3 Å². The zero-order valence-corrected chi connectivity index (χ0v) is 12.3. The molecule has 0 aliphatic heterocycles. The lowest BCUT2D eigenvalue weighted by Crippen LogP contribution is -2.41. The number of benzene rings is 1. The van der Waals surface area contributed by atoms with Crippen molar-refractivity contribution in [3.8, 4) is 5.75 Å². The van der Waals surface area contributed by atoms with Gasteiger partial charge < -0.3 is 15.5 Å². The molecule has 0 bridgehead atoms. The second-order valence-corrected chi connectivity index (χ2v) is 5.76. The Bertz CT molecular complexity index is 702. The molecule has 1 amide bonds. The second-order valence-electron chi connectivity index (χ2n) is 5.76. The second kappa shape index (κ2) is 6.34. The number of nitrogens with zero attached hydrogens (tertiary/aromatic N) is 1. The molecular formula is C17H17FN2O3. The fraction of sp³-hybridized carbons (Fsp3) is 0.294. The van der Waals surface area contributed by atoms with Crippen molar-refractivity contribution in [2.75, 3.05) is 0 Å². The molecule has 120 valence electrons. The van der Waals surface area contributed by atoms with Crippen LogP contribution in [0.2, 0.25) is 0 Å². The summed E-state index contributed by atoms with van der Waals surface area (Å²) < 4.78 is 13.4. The Morgan fingerprint density at radius 2 is 2.09 bits per heavy atom. The fourth-order valence-electron chi connectivity index (χ4n) is 2.77. The number of phenols is 1. The van der Waals surface area contributed by atoms with Gasteiger partial charge in [-0.15, -0.1) is 0 Å². The summed E-state index contributed by atoms with van der Waals surface area (Å²) in [6.45, 7) is 0. The van der Waals surface area contributed by atoms with Gasteiger partial charge in [-0.25, -0.2) is 4.39 Å². The number of rotatable bonds is 4. The van der Waals surface area contributed by atoms with E-state index in [0.29, 0.717) is 18.5 Å². The molecule has 3 rings (SSSR count). The number of carbonyl (C=O) groups excluding carboxylic acids is 1. The van der Waals surface area contributed by atoms with Crippen molar-refractivity contribution in [2.45, 2.75) is 25.0 Å². The number of phenolic OH excluding ortho intramolecular Hbond substituents is 1. The van der Waals surface area contributed by atoms with Gasteiger partial charge in [0.1, 0.15) is 0 Å². The van der Waals surface area contributed by atoms with Crippen LogP contribution in [0.4, 0.5) is 4.39 Å². The Balaban J connectivity index is 1.80. The van der Waals surface area contributed by atoms with Crippen LogP contribution in [0, 0.1) is 11.7 Å². The number of aliphatic hydroxyl groups is 1. The molecule has 0 radical (unpaired) electrons. The van der Waals surface area contributed by atoms with Crippen LogP contribution in [0.5, 0.6) is 5.75 Å². The van der Waals surface area contributed by atoms with Crippen molar-refractivity contribution < 1.29 is 19.4 Å². The van der Waals surface area contributed by atoms with Gasteiger partial charge in [0.15, 0.2) is 11.6 Å². The van der Waals surface area contributed by atoms with Crippen LogP contribution in [0.15, 0.2) is 42.6 Å². The molecular weight excluding hydrogens is 299 g/mol. The molecule has 5 nitrogen and oxygen atoms in total. The van der Waals surface area contributed by atoms with Crippen LogP contribution in [-0.2, 0) is 0 Å². The van der Waals surface area contributed by atoms with E-state index in [0.717, 1.165) is 12.1 Å². The maximum Gasteiger partial charge on any atom is 0.251 e. The summed E-state index contributed by atoms with van der Waals surface area (Å²) in [7, 11) is 0. The van der Waals surface area contributed by atoms with Gasteiger partial charge in [-0.05, 0) is 49.1 Å². The van der Waals surface area contributed by atoms with Crippen LogP contribution in [0.1, 0.15) is 34.9 Å². The van der Waals surface area contributed by atoms with Crippen molar-refractivity contribution in [1.82, 2.24) is 10.3 Å². The highest BCUT2D eigenvalue weighted by atomic mass is 19.1. The van der Waals surface area contributed by atoms with E-state index in [1.165, 1.54) is 6.07 Å². The number of carbonyl (C=O) groups is 1. The molecule has 1 fully saturated rings. The third kappa shape index (κ3) is 3.32. The summed E-state index contributed by atoms with van der Waals surface area (Å²) in [5.41, 5.74) is 0.832. The Morgan fingerprint density at radius 3 is 2.70 bits per heavy atom. The predicted molar refractivity (Wildman–Crippen MR) is 81.2 cm³/mol. The number of pyridine rings is 1. The van der Waals surface area contributed by atoms with E-state index < -0.39 is 17.5 Å². The zero-order chi connectivity index (χ0) is 16.4. The lowest BCUT2D eigenvalue weighted by molar-refractivity contribution is 0.0228. The van der Waals surface area contributed by atoms with Gasteiger partial charge in [0.05, 0.1) is 17.8 Å². The average molecular weight is 316 g/mol. The number of hydrogen-bond donors (Lipinski definition) is 3. The molecule has 1 atom stereocenters. The normalized spacial score (nSPS) is 21.3. The van der Waals surface area contributed by atoms with Gasteiger partial charge in [0.2, 0.25) is 0 Å². The summed E-state index contributed by atoms with van der Waals surface area (Å²) in [6, 6.07) is 8.59. The molecule has 2 aromatic rings. The smallest absolute Gasteiger partial charge is 0.251 e. The van der Waals surface area contributed by atoms with Crippen LogP contribution in [0.25, 0.3) is 0 Å². The highest BCUT2D eigenvalue weighted by Crippen LogP contribution is 2.37. The van der Waals surface area contributed by atoms with Crippen molar-refractivity contribution in [3.63, 3.8) is 0 Å². The topological polar surface area (TPSA) is 82.5 Å². The molecule has 3 N–H and O–H groups in total. The first kappa shape index (κ1) is 15.4. The maximum atomic E-state index is 13.4. The first-order valence-electron chi connectivity index (χ1n) is 7.43. The summed E-state index contributed by atoms with van der Waals surface area (Å²) in [4.78, 5) is 16.6. The van der Waals surface area contributed by atoms with Crippen molar-refractivity contribution in [1.29, 1.82) is 0 Å². The number of aliphatic hydroxyl groups excluding tert-OH is 1. The third-order valence-corrected chi connectivity index (χ3v) is 4.12. The third-order valence-electron chi connectivity index (χ3n) is 4.12. The Kier molecular flexibility index (Phi) is 4.25. The van der Waals surface area contributed by atoms with Gasteiger partial charge in [-0.1, -0.05) is 6.07 Å². The van der Waals surface area contributed by atoms with Crippen LogP contribution >= 0.6 is 0 Å². The van der Waals surface area contributed by atoms with Gasteiger partial charge in [0.25, 0.3) is 5.91 Å². The molecule has 1 saturated carbocycles. The molecule has 23 heavy (non-hydrogen) atoms. The number of hydrogen-bond acceptors (Lipinski definition) is 4. The summed E-state index contributed by atoms with van der Waals surface area (Å²) >= 11 is 0. The van der Waals surface area contributed by atoms with E-state index in [4.69, 9.17) is 0 Å². The minimum atomic E-state index is -0.842. The number of halogens is 1. The molecule has 1 heterocycles. The van der Waals surface area contributed by atoms with Crippen LogP contribution in [-0.4, -0.2) is 27.2 Å². The maximum absolute atomic E-state index is 13.4. The highest BCUT2D eigenvalue weighted by Gasteiger charge is 2.36. The Labute approximate surface area is 132 Å². The monoisotopic (exact) mass is 316 g/mol. The standard InChI is InChI=1S/C17H17FN2O3/c18-13-9-10(4-5-15(13)22)17(23)20-16(11-7-12(21)8-11)14-3-1-2-6-19-14/h1-6,9,11-12,16,21-22H,7-8H2,(H,20,23). The van der Waals surface area contributed by atoms with E-state index in [9.17, 15) is 19.4 Å². The molecule has 6 heteroatoms. The fourth-order valence-corrected chi connectivity index (χ4v) is 2.77. The van der Waals surface area contributed by atoms with Crippen molar-refractivity contribution in [3.05, 3.63) is 59.7 Å². The molecule has 1 aliphatic carbocycles. The first-order chi connectivity index (χ1) is 11.0. The van der Waals surface area contributed by atoms with Gasteiger partial charge >= 0.3 is 0 Å². The first-order valence-corrected chi connectivity index (χ1v) is 7.43. The van der Waals surface area contributed by atoms with E-state index >= 15 is 0 Å². The van der Waals surface area contributed by atoms with Crippen LogP contribution < -0.4 is 5.32 Å². The van der Waals surface area contributed by atoms with Gasteiger partial charge in [0, 0.05) is 11.8 Å². The predicted octanol–water partition coefficient (Wildman–Crippen LogP) is 2.17. The minimum Gasteiger partial charge on any atom is -0.505 e. The zero-order valence-electron chi connectivity index (χ0n) is 12.3. The molecule has 0 spiro atoms. The minimum absolute atomic E-state index is 0.0887. The molecule has 1 aromatic heterocycles. The Morgan fingerprint density at radius 1 is 1.30 bits per heavy atom. The largest absolute Gasteiger partial charge is 0.505 e. The number of nitrogens with one attached hydrogen (secondary N) is 1. The van der Waals surface area contributed by atoms with E-state index in [1.807, 2.05) is 12.1 Å².